The molecule has 2 aliphatic rings. The SMILES string of the molecule is C[C@]1(c2ccc3c(c2)OCCCO3)NC(=O)N(C[C@@H](O)c2ccc(Cl)cc2)C1=O. The Kier molecular flexibility index (Phi) is 5.10. The van der Waals surface area contributed by atoms with Crippen LogP contribution in [-0.4, -0.2) is 41.7 Å². The number of ether oxygens (including phenoxy) is 2. The Morgan fingerprint density at radius 2 is 1.83 bits per heavy atom. The topological polar surface area (TPSA) is 88.1 Å². The van der Waals surface area contributed by atoms with Gasteiger partial charge in [-0.15, -0.1) is 0 Å². The zero-order valence-electron chi connectivity index (χ0n) is 15.9. The molecule has 0 bridgehead atoms. The van der Waals surface area contributed by atoms with E-state index < -0.39 is 23.6 Å². The van der Waals surface area contributed by atoms with Crippen LogP contribution < -0.4 is 14.8 Å². The van der Waals surface area contributed by atoms with Crippen molar-refractivity contribution in [3.8, 4) is 11.5 Å². The number of carbonyl (C=O) groups excluding carboxylic acids is 2. The first kappa shape index (κ1) is 19.5. The van der Waals surface area contributed by atoms with E-state index in [0.717, 1.165) is 11.3 Å². The number of benzene rings is 2. The van der Waals surface area contributed by atoms with Gasteiger partial charge in [-0.05, 0) is 42.3 Å². The van der Waals surface area contributed by atoms with Crippen LogP contribution in [0.1, 0.15) is 30.6 Å². The summed E-state index contributed by atoms with van der Waals surface area (Å²) < 4.78 is 11.3. The lowest BCUT2D eigenvalue weighted by Crippen LogP contribution is -2.41. The Hall–Kier alpha value is -2.77. The zero-order chi connectivity index (χ0) is 20.6. The number of amides is 3. The maximum Gasteiger partial charge on any atom is 0.325 e. The molecule has 2 heterocycles. The number of halogens is 1. The molecule has 1 fully saturated rings. The van der Waals surface area contributed by atoms with Gasteiger partial charge in [-0.25, -0.2) is 4.79 Å². The average Bonchev–Trinajstić information content (AvgIpc) is 2.87. The number of imide groups is 1. The van der Waals surface area contributed by atoms with E-state index in [9.17, 15) is 14.7 Å². The van der Waals surface area contributed by atoms with Crippen LogP contribution in [-0.2, 0) is 10.3 Å². The number of aliphatic hydroxyl groups excluding tert-OH is 1. The highest BCUT2D eigenvalue weighted by atomic mass is 35.5. The molecule has 8 heteroatoms. The maximum absolute atomic E-state index is 13.1. The molecule has 2 atom stereocenters. The van der Waals surface area contributed by atoms with Gasteiger partial charge >= 0.3 is 6.03 Å². The van der Waals surface area contributed by atoms with E-state index in [0.29, 0.717) is 40.9 Å². The minimum atomic E-state index is -1.26. The van der Waals surface area contributed by atoms with Crippen LogP contribution in [0.25, 0.3) is 0 Å². The second-order valence-electron chi connectivity index (χ2n) is 7.25. The molecular formula is C21H21ClN2O5. The molecule has 4 rings (SSSR count). The Balaban J connectivity index is 1.57. The summed E-state index contributed by atoms with van der Waals surface area (Å²) in [6.45, 7) is 2.57. The predicted molar refractivity (Wildman–Crippen MR) is 106 cm³/mol. The van der Waals surface area contributed by atoms with Gasteiger partial charge in [0.25, 0.3) is 5.91 Å². The fourth-order valence-electron chi connectivity index (χ4n) is 3.50. The Morgan fingerprint density at radius 3 is 2.55 bits per heavy atom. The van der Waals surface area contributed by atoms with Gasteiger partial charge in [0.15, 0.2) is 11.5 Å². The van der Waals surface area contributed by atoms with Crippen molar-refractivity contribution in [2.45, 2.75) is 25.0 Å². The fraction of sp³-hybridized carbons (Fsp3) is 0.333. The summed E-state index contributed by atoms with van der Waals surface area (Å²) in [6, 6.07) is 11.3. The van der Waals surface area contributed by atoms with Crippen LogP contribution in [0.5, 0.6) is 11.5 Å². The molecule has 29 heavy (non-hydrogen) atoms. The van der Waals surface area contributed by atoms with Crippen LogP contribution in [0.4, 0.5) is 4.79 Å². The van der Waals surface area contributed by atoms with Gasteiger partial charge in [0.2, 0.25) is 0 Å². The number of hydrogen-bond acceptors (Lipinski definition) is 5. The highest BCUT2D eigenvalue weighted by Crippen LogP contribution is 2.37. The van der Waals surface area contributed by atoms with Gasteiger partial charge in [-0.2, -0.15) is 0 Å². The molecule has 3 amide bonds. The molecule has 2 aliphatic heterocycles. The lowest BCUT2D eigenvalue weighted by atomic mass is 9.91. The molecule has 0 saturated carbocycles. The fourth-order valence-corrected chi connectivity index (χ4v) is 3.62. The van der Waals surface area contributed by atoms with Crippen molar-refractivity contribution in [2.75, 3.05) is 19.8 Å². The van der Waals surface area contributed by atoms with Gasteiger partial charge < -0.3 is 19.9 Å². The molecule has 152 valence electrons. The first-order valence-electron chi connectivity index (χ1n) is 9.36. The summed E-state index contributed by atoms with van der Waals surface area (Å²) in [5.41, 5.74) is -0.107. The number of carbonyl (C=O) groups is 2. The van der Waals surface area contributed by atoms with E-state index in [1.807, 2.05) is 0 Å². The molecule has 2 aromatic carbocycles. The van der Waals surface area contributed by atoms with Crippen molar-refractivity contribution in [2.24, 2.45) is 0 Å². The lowest BCUT2D eigenvalue weighted by molar-refractivity contribution is -0.132. The molecule has 0 radical (unpaired) electrons. The smallest absolute Gasteiger partial charge is 0.325 e. The Bertz CT molecular complexity index is 949. The number of aliphatic hydroxyl groups is 1. The first-order valence-corrected chi connectivity index (χ1v) is 9.74. The van der Waals surface area contributed by atoms with E-state index in [1.54, 1.807) is 49.4 Å². The molecular weight excluding hydrogens is 396 g/mol. The monoisotopic (exact) mass is 416 g/mol. The van der Waals surface area contributed by atoms with Gasteiger partial charge in [0.1, 0.15) is 5.54 Å². The van der Waals surface area contributed by atoms with Crippen molar-refractivity contribution < 1.29 is 24.2 Å². The quantitative estimate of drug-likeness (QED) is 0.748. The second-order valence-corrected chi connectivity index (χ2v) is 7.69. The number of rotatable bonds is 4. The third-order valence-electron chi connectivity index (χ3n) is 5.21. The predicted octanol–water partition coefficient (Wildman–Crippen LogP) is 3.00. The van der Waals surface area contributed by atoms with E-state index in [-0.39, 0.29) is 6.54 Å². The molecule has 0 spiro atoms. The Labute approximate surface area is 173 Å². The third-order valence-corrected chi connectivity index (χ3v) is 5.46. The highest BCUT2D eigenvalue weighted by molar-refractivity contribution is 6.30. The molecule has 2 N–H and O–H groups in total. The number of fused-ring (bicyclic) bond motifs is 1. The van der Waals surface area contributed by atoms with Crippen LogP contribution in [0, 0.1) is 0 Å². The van der Waals surface area contributed by atoms with Crippen LogP contribution in [0.2, 0.25) is 5.02 Å². The summed E-state index contributed by atoms with van der Waals surface area (Å²) in [4.78, 5) is 26.7. The standard InChI is InChI=1S/C21H21ClN2O5/c1-21(14-5-8-17-18(11-14)29-10-2-9-28-17)19(26)24(20(27)23-21)12-16(25)13-3-6-15(22)7-4-13/h3-8,11,16,25H,2,9-10,12H2,1H3,(H,23,27)/t16-,21-/m1/s1. The van der Waals surface area contributed by atoms with Crippen molar-refractivity contribution in [3.63, 3.8) is 0 Å². The number of hydrogen-bond donors (Lipinski definition) is 2. The molecule has 0 unspecified atom stereocenters. The molecule has 0 aromatic heterocycles. The van der Waals surface area contributed by atoms with Crippen molar-refractivity contribution in [1.82, 2.24) is 10.2 Å². The lowest BCUT2D eigenvalue weighted by Gasteiger charge is -2.24. The number of nitrogens with one attached hydrogen (secondary N) is 1. The van der Waals surface area contributed by atoms with Crippen LogP contribution >= 0.6 is 11.6 Å². The second kappa shape index (κ2) is 7.57. The molecule has 2 aromatic rings. The zero-order valence-corrected chi connectivity index (χ0v) is 16.6. The normalized spacial score (nSPS) is 22.2. The first-order chi connectivity index (χ1) is 13.9. The van der Waals surface area contributed by atoms with E-state index in [1.165, 1.54) is 0 Å². The summed E-state index contributed by atoms with van der Waals surface area (Å²) in [7, 11) is 0. The van der Waals surface area contributed by atoms with Gasteiger partial charge in [-0.3, -0.25) is 9.69 Å². The number of β-amino-alcohol motifs (C(OH)–C–C–N with tert-alkyl or cyclic N) is 1. The minimum absolute atomic E-state index is 0.160. The summed E-state index contributed by atoms with van der Waals surface area (Å²) in [6.07, 6.45) is -0.249. The highest BCUT2D eigenvalue weighted by Gasteiger charge is 2.49. The third kappa shape index (κ3) is 3.63. The summed E-state index contributed by atoms with van der Waals surface area (Å²) in [5.74, 6) is 0.717. The van der Waals surface area contributed by atoms with Gasteiger partial charge in [0.05, 0.1) is 25.9 Å². The number of urea groups is 1. The van der Waals surface area contributed by atoms with Crippen molar-refractivity contribution >= 4 is 23.5 Å². The maximum atomic E-state index is 13.1. The van der Waals surface area contributed by atoms with Crippen molar-refractivity contribution in [1.29, 1.82) is 0 Å². The summed E-state index contributed by atoms with van der Waals surface area (Å²) in [5, 5.41) is 13.8. The van der Waals surface area contributed by atoms with Crippen molar-refractivity contribution in [3.05, 3.63) is 58.6 Å². The van der Waals surface area contributed by atoms with Crippen LogP contribution in [0.3, 0.4) is 0 Å². The molecule has 1 saturated heterocycles. The molecule has 7 nitrogen and oxygen atoms in total. The Morgan fingerprint density at radius 1 is 1.14 bits per heavy atom. The van der Waals surface area contributed by atoms with Gasteiger partial charge in [0, 0.05) is 11.4 Å². The van der Waals surface area contributed by atoms with Crippen LogP contribution in [0.15, 0.2) is 42.5 Å². The largest absolute Gasteiger partial charge is 0.490 e. The van der Waals surface area contributed by atoms with Gasteiger partial charge in [-0.1, -0.05) is 29.8 Å². The minimum Gasteiger partial charge on any atom is -0.490 e. The number of nitrogens with zero attached hydrogens (tertiary/aromatic N) is 1. The van der Waals surface area contributed by atoms with E-state index >= 15 is 0 Å². The van der Waals surface area contributed by atoms with E-state index in [2.05, 4.69) is 5.32 Å². The molecule has 0 aliphatic carbocycles. The van der Waals surface area contributed by atoms with E-state index in [4.69, 9.17) is 21.1 Å². The average molecular weight is 417 g/mol. The summed E-state index contributed by atoms with van der Waals surface area (Å²) >= 11 is 5.87.